The van der Waals surface area contributed by atoms with Gasteiger partial charge in [0.2, 0.25) is 0 Å². The number of pyridine rings is 1. The van der Waals surface area contributed by atoms with E-state index in [0.29, 0.717) is 27.5 Å². The molecule has 0 aliphatic carbocycles. The normalized spacial score (nSPS) is 14.1. The summed E-state index contributed by atoms with van der Waals surface area (Å²) < 4.78 is 86.4. The summed E-state index contributed by atoms with van der Waals surface area (Å²) in [5.74, 6) is 0.233. The van der Waals surface area contributed by atoms with Crippen LogP contribution in [0.5, 0.6) is 0 Å². The van der Waals surface area contributed by atoms with E-state index < -0.39 is 48.3 Å². The Bertz CT molecular complexity index is 3810. The molecule has 4 heteroatoms. The highest BCUT2D eigenvalue weighted by Gasteiger charge is 2.22. The lowest BCUT2D eigenvalue weighted by atomic mass is 9.87. The van der Waals surface area contributed by atoms with Gasteiger partial charge in [0, 0.05) is 29.1 Å². The summed E-state index contributed by atoms with van der Waals surface area (Å²) in [6, 6.07) is 34.6. The summed E-state index contributed by atoms with van der Waals surface area (Å²) in [5, 5.41) is 9.04. The first-order valence-corrected chi connectivity index (χ1v) is 18.1. The van der Waals surface area contributed by atoms with Crippen molar-refractivity contribution in [2.75, 3.05) is 0 Å². The minimum atomic E-state index is -0.546. The zero-order chi connectivity index (χ0) is 45.7. The molecule has 0 amide bonds. The van der Waals surface area contributed by atoms with Crippen molar-refractivity contribution in [1.82, 2.24) is 19.9 Å². The Morgan fingerprint density at radius 3 is 1.39 bits per heavy atom. The molecule has 0 aliphatic rings. The van der Waals surface area contributed by atoms with Crippen LogP contribution < -0.4 is 0 Å². The molecule has 11 rings (SSSR count). The van der Waals surface area contributed by atoms with Gasteiger partial charge in [0.1, 0.15) is 0 Å². The maximum Gasteiger partial charge on any atom is 0.165 e. The standard InChI is InChI=1S/C52H32N4/c1-3-13-33(14-4-1)36-23-26-45-47(31-36)48(34-27-29-53-30-28-34)43-21-11-12-22-44(43)49(45)52-55-50(35-15-5-2-6-16-35)54-51(56-52)37-24-25-42-40-19-8-7-17-38(40)39-18-9-10-20-41(39)46(42)32-37/h1-32H/i1D,2D,3D,4D,5D,6D,13D,14D,15D,16D. The third-order valence-corrected chi connectivity index (χ3v) is 10.4. The molecule has 0 fully saturated rings. The summed E-state index contributed by atoms with van der Waals surface area (Å²) in [4.78, 5) is 19.4. The number of rotatable bonds is 5. The highest BCUT2D eigenvalue weighted by atomic mass is 15.0. The molecular weight excluding hydrogens is 681 g/mol. The Morgan fingerprint density at radius 1 is 0.304 bits per heavy atom. The summed E-state index contributed by atoms with van der Waals surface area (Å²) >= 11 is 0. The van der Waals surface area contributed by atoms with Crippen LogP contribution in [0.4, 0.5) is 0 Å². The van der Waals surface area contributed by atoms with Gasteiger partial charge in [0.05, 0.1) is 13.7 Å². The zero-order valence-corrected chi connectivity index (χ0v) is 29.5. The van der Waals surface area contributed by atoms with Crippen LogP contribution in [0.25, 0.3) is 110 Å². The van der Waals surface area contributed by atoms with E-state index in [-0.39, 0.29) is 40.7 Å². The molecule has 0 atom stereocenters. The molecule has 260 valence electrons. The average molecular weight is 723 g/mol. The van der Waals surface area contributed by atoms with Crippen LogP contribution in [0.15, 0.2) is 194 Å². The first-order chi connectivity index (χ1) is 31.9. The Morgan fingerprint density at radius 2 is 0.750 bits per heavy atom. The van der Waals surface area contributed by atoms with Crippen molar-refractivity contribution < 1.29 is 13.7 Å². The van der Waals surface area contributed by atoms with E-state index >= 15 is 0 Å². The van der Waals surface area contributed by atoms with Gasteiger partial charge in [-0.1, -0.05) is 157 Å². The van der Waals surface area contributed by atoms with E-state index in [4.69, 9.17) is 28.7 Å². The number of nitrogens with zero attached hydrogens (tertiary/aromatic N) is 4. The lowest BCUT2D eigenvalue weighted by molar-refractivity contribution is 1.08. The van der Waals surface area contributed by atoms with E-state index in [1.807, 2.05) is 91.0 Å². The maximum atomic E-state index is 9.02. The van der Waals surface area contributed by atoms with Crippen LogP contribution in [0.1, 0.15) is 13.7 Å². The predicted molar refractivity (Wildman–Crippen MR) is 232 cm³/mol. The van der Waals surface area contributed by atoms with E-state index in [9.17, 15) is 0 Å². The van der Waals surface area contributed by atoms with Crippen molar-refractivity contribution >= 4 is 53.9 Å². The molecule has 0 N–H and O–H groups in total. The molecule has 2 heterocycles. The maximum absolute atomic E-state index is 9.02. The minimum absolute atomic E-state index is 0.0424. The third-order valence-electron chi connectivity index (χ3n) is 10.4. The molecule has 9 aromatic carbocycles. The van der Waals surface area contributed by atoms with Gasteiger partial charge in [-0.05, 0) is 100 Å². The lowest BCUT2D eigenvalue weighted by Gasteiger charge is -2.18. The van der Waals surface area contributed by atoms with Crippen molar-refractivity contribution in [1.29, 1.82) is 0 Å². The average Bonchev–Trinajstić information content (AvgIpc) is 3.35. The Balaban J connectivity index is 1.27. The number of benzene rings is 9. The van der Waals surface area contributed by atoms with Crippen LogP contribution in [0.3, 0.4) is 0 Å². The van der Waals surface area contributed by atoms with E-state index in [1.54, 1.807) is 18.5 Å². The first-order valence-electron chi connectivity index (χ1n) is 23.1. The zero-order valence-electron chi connectivity index (χ0n) is 39.5. The van der Waals surface area contributed by atoms with Crippen LogP contribution in [-0.4, -0.2) is 19.9 Å². The largest absolute Gasteiger partial charge is 0.265 e. The van der Waals surface area contributed by atoms with Gasteiger partial charge in [0.25, 0.3) is 0 Å². The second-order valence-electron chi connectivity index (χ2n) is 13.4. The number of aromatic nitrogens is 4. The highest BCUT2D eigenvalue weighted by Crippen LogP contribution is 2.45. The quantitative estimate of drug-likeness (QED) is 0.131. The van der Waals surface area contributed by atoms with Gasteiger partial charge in [-0.25, -0.2) is 15.0 Å². The van der Waals surface area contributed by atoms with Crippen LogP contribution >= 0.6 is 0 Å². The van der Waals surface area contributed by atoms with Crippen LogP contribution in [-0.2, 0) is 0 Å². The molecule has 0 radical (unpaired) electrons. The molecule has 4 nitrogen and oxygen atoms in total. The molecule has 2 aromatic heterocycles. The Kier molecular flexibility index (Phi) is 5.44. The van der Waals surface area contributed by atoms with Gasteiger partial charge < -0.3 is 0 Å². The summed E-state index contributed by atoms with van der Waals surface area (Å²) in [7, 11) is 0. The number of fused-ring (bicyclic) bond motifs is 8. The molecule has 0 saturated heterocycles. The third kappa shape index (κ3) is 5.23. The van der Waals surface area contributed by atoms with Crippen molar-refractivity contribution in [2.24, 2.45) is 0 Å². The molecule has 0 aliphatic heterocycles. The molecule has 11 aromatic rings. The molecular formula is C52H32N4. The SMILES string of the molecule is [2H]c1c([2H])c([2H])c(-c2ccc3c(-c4nc(-c5ccc6c7ccccc7c7ccccc7c6c5)nc(-c5c([2H])c([2H])c([2H])c([2H])c5[2H])n4)c4ccccc4c(-c4ccncc4)c3c2)c([2H])c1[2H]. The predicted octanol–water partition coefficient (Wildman–Crippen LogP) is 13.4. The van der Waals surface area contributed by atoms with Gasteiger partial charge in [-0.3, -0.25) is 4.98 Å². The molecule has 56 heavy (non-hydrogen) atoms. The summed E-state index contributed by atoms with van der Waals surface area (Å²) in [6.07, 6.45) is 3.37. The summed E-state index contributed by atoms with van der Waals surface area (Å²) in [5.41, 5.74) is 2.99. The number of hydrogen-bond donors (Lipinski definition) is 0. The van der Waals surface area contributed by atoms with Crippen LogP contribution in [0, 0.1) is 0 Å². The van der Waals surface area contributed by atoms with Gasteiger partial charge in [-0.2, -0.15) is 0 Å². The summed E-state index contributed by atoms with van der Waals surface area (Å²) in [6.45, 7) is 0. The minimum Gasteiger partial charge on any atom is -0.265 e. The second-order valence-corrected chi connectivity index (χ2v) is 13.4. The van der Waals surface area contributed by atoms with Crippen molar-refractivity contribution in [2.45, 2.75) is 0 Å². The Labute approximate surface area is 337 Å². The van der Waals surface area contributed by atoms with Crippen molar-refractivity contribution in [3.8, 4) is 56.4 Å². The van der Waals surface area contributed by atoms with Gasteiger partial charge in [0.15, 0.2) is 17.5 Å². The molecule has 0 bridgehead atoms. The van der Waals surface area contributed by atoms with Crippen LogP contribution in [0.2, 0.25) is 0 Å². The fourth-order valence-electron chi connectivity index (χ4n) is 7.94. The smallest absolute Gasteiger partial charge is 0.165 e. The van der Waals surface area contributed by atoms with Crippen molar-refractivity contribution in [3.63, 3.8) is 0 Å². The molecule has 0 spiro atoms. The monoisotopic (exact) mass is 722 g/mol. The number of hydrogen-bond acceptors (Lipinski definition) is 4. The fourth-order valence-corrected chi connectivity index (χ4v) is 7.94. The topological polar surface area (TPSA) is 51.6 Å². The van der Waals surface area contributed by atoms with Crippen molar-refractivity contribution in [3.05, 3.63) is 194 Å². The molecule has 0 saturated carbocycles. The van der Waals surface area contributed by atoms with Gasteiger partial charge >= 0.3 is 0 Å². The van der Waals surface area contributed by atoms with Gasteiger partial charge in [-0.15, -0.1) is 0 Å². The fraction of sp³-hybridized carbons (Fsp3) is 0. The van der Waals surface area contributed by atoms with E-state index in [2.05, 4.69) is 29.2 Å². The molecule has 0 unspecified atom stereocenters. The second kappa shape index (κ2) is 13.1. The highest BCUT2D eigenvalue weighted by molar-refractivity contribution is 6.26. The Hall–Kier alpha value is -7.56. The van der Waals surface area contributed by atoms with E-state index in [0.717, 1.165) is 54.2 Å². The lowest BCUT2D eigenvalue weighted by Crippen LogP contribution is -2.02. The first kappa shape index (κ1) is 23.3. The van der Waals surface area contributed by atoms with E-state index in [1.165, 1.54) is 0 Å².